The van der Waals surface area contributed by atoms with Crippen LogP contribution in [-0.4, -0.2) is 40.2 Å². The molecule has 0 aliphatic heterocycles. The number of nitrogens with two attached hydrogens (primary N) is 1. The number of halogens is 2. The van der Waals surface area contributed by atoms with Crippen molar-refractivity contribution in [2.75, 3.05) is 13.1 Å². The molecule has 5 nitrogen and oxygen atoms in total. The van der Waals surface area contributed by atoms with Crippen molar-refractivity contribution < 1.29 is 41.3 Å². The number of carbonyl (C=O) groups is 1. The van der Waals surface area contributed by atoms with Crippen LogP contribution in [0.4, 0.5) is 4.79 Å². The van der Waals surface area contributed by atoms with Gasteiger partial charge in [-0.2, -0.15) is 0 Å². The van der Waals surface area contributed by atoms with Crippen molar-refractivity contribution in [2.24, 2.45) is 5.73 Å². The molecule has 0 aromatic heterocycles. The van der Waals surface area contributed by atoms with E-state index in [0.29, 0.717) is 0 Å². The molecule has 2 amide bonds. The maximum absolute atomic E-state index is 11.2. The minimum Gasteiger partial charge on any atom is -1.00 e. The molecule has 0 bridgehead atoms. The molecule has 0 aliphatic rings. The average molecular weight is 394 g/mol. The van der Waals surface area contributed by atoms with Gasteiger partial charge in [-0.25, -0.2) is 9.80 Å². The topological polar surface area (TPSA) is 81.1 Å². The van der Waals surface area contributed by atoms with Crippen molar-refractivity contribution in [1.29, 1.82) is 0 Å². The van der Waals surface area contributed by atoms with Crippen molar-refractivity contribution in [3.63, 3.8) is 0 Å². The fourth-order valence-corrected chi connectivity index (χ4v) is 1.94. The molecule has 0 fully saturated rings. The van der Waals surface area contributed by atoms with Gasteiger partial charge < -0.3 is 12.6 Å². The molecular weight excluding hydrogens is 360 g/mol. The van der Waals surface area contributed by atoms with Crippen LogP contribution in [0.25, 0.3) is 0 Å². The number of hydrogen-bond donors (Lipinski definition) is 1. The Kier molecular flexibility index (Phi) is 26.1. The van der Waals surface area contributed by atoms with Crippen molar-refractivity contribution in [1.82, 2.24) is 10.0 Å². The molecule has 0 unspecified atom stereocenters. The molecule has 0 saturated heterocycles. The Bertz CT molecular complexity index is 406. The predicted octanol–water partition coefficient (Wildman–Crippen LogP) is 0.553. The van der Waals surface area contributed by atoms with Gasteiger partial charge in [-0.1, -0.05) is 49.7 Å². The number of aryl methyl sites for hydroxylation is 1. The van der Waals surface area contributed by atoms with Gasteiger partial charge in [0.2, 0.25) is 0 Å². The SMILES string of the molecule is CCN(CC)N(C(N)=O)C(C)(C)C.Cc1ccccc1.Cl.Cl.O.[H-].[Na+]. The summed E-state index contributed by atoms with van der Waals surface area (Å²) in [7, 11) is 0. The predicted molar refractivity (Wildman–Crippen MR) is 104 cm³/mol. The average Bonchev–Trinajstić information content (AvgIpc) is 2.35. The number of urea groups is 1. The largest absolute Gasteiger partial charge is 1.00 e. The first-order valence-electron chi connectivity index (χ1n) is 7.10. The van der Waals surface area contributed by atoms with Gasteiger partial charge in [0, 0.05) is 13.1 Å². The third-order valence-electron chi connectivity index (χ3n) is 2.80. The number of hydrogen-bond acceptors (Lipinski definition) is 2. The summed E-state index contributed by atoms with van der Waals surface area (Å²) >= 11 is 0. The van der Waals surface area contributed by atoms with Crippen LogP contribution in [0.3, 0.4) is 0 Å². The number of hydrazine groups is 1. The van der Waals surface area contributed by atoms with Crippen LogP contribution >= 0.6 is 24.8 Å². The van der Waals surface area contributed by atoms with Gasteiger partial charge in [0.05, 0.1) is 5.54 Å². The second-order valence-corrected chi connectivity index (χ2v) is 5.61. The normalized spacial score (nSPS) is 8.96. The Labute approximate surface area is 183 Å². The summed E-state index contributed by atoms with van der Waals surface area (Å²) in [5.74, 6) is 0. The van der Waals surface area contributed by atoms with Crippen molar-refractivity contribution in [3.05, 3.63) is 35.9 Å². The Hall–Kier alpha value is -0.01000. The summed E-state index contributed by atoms with van der Waals surface area (Å²) < 4.78 is 0. The zero-order chi connectivity index (χ0) is 15.8. The van der Waals surface area contributed by atoms with Gasteiger partial charge in [-0.05, 0) is 27.7 Å². The van der Waals surface area contributed by atoms with E-state index in [0.717, 1.165) is 13.1 Å². The first kappa shape index (κ1) is 35.2. The maximum Gasteiger partial charge on any atom is 1.00 e. The number of nitrogens with zero attached hydrogens (tertiary/aromatic N) is 2. The van der Waals surface area contributed by atoms with E-state index in [9.17, 15) is 4.79 Å². The summed E-state index contributed by atoms with van der Waals surface area (Å²) in [4.78, 5) is 11.2. The van der Waals surface area contributed by atoms with Crippen LogP contribution in [0.2, 0.25) is 0 Å². The van der Waals surface area contributed by atoms with Crippen molar-refractivity contribution >= 4 is 30.8 Å². The molecule has 0 spiro atoms. The monoisotopic (exact) mass is 393 g/mol. The Morgan fingerprint density at radius 1 is 1.08 bits per heavy atom. The first-order chi connectivity index (χ1) is 9.23. The van der Waals surface area contributed by atoms with Gasteiger partial charge in [-0.15, -0.1) is 24.8 Å². The van der Waals surface area contributed by atoms with Crippen LogP contribution in [0.5, 0.6) is 0 Å². The number of rotatable bonds is 3. The van der Waals surface area contributed by atoms with Crippen molar-refractivity contribution in [2.45, 2.75) is 47.1 Å². The molecule has 0 atom stereocenters. The molecule has 24 heavy (non-hydrogen) atoms. The Morgan fingerprint density at radius 2 is 1.46 bits per heavy atom. The Balaban J connectivity index is -0.0000000660. The summed E-state index contributed by atoms with van der Waals surface area (Å²) in [6.07, 6.45) is 0. The summed E-state index contributed by atoms with van der Waals surface area (Å²) in [6.45, 7) is 13.6. The van der Waals surface area contributed by atoms with Crippen LogP contribution in [0.1, 0.15) is 41.6 Å². The van der Waals surface area contributed by atoms with Gasteiger partial charge in [0.1, 0.15) is 0 Å². The third-order valence-corrected chi connectivity index (χ3v) is 2.80. The fraction of sp³-hybridized carbons (Fsp3) is 0.562. The molecule has 0 heterocycles. The molecule has 0 radical (unpaired) electrons. The number of amides is 2. The van der Waals surface area contributed by atoms with E-state index in [1.54, 1.807) is 5.01 Å². The number of primary amides is 1. The number of benzene rings is 1. The van der Waals surface area contributed by atoms with Gasteiger partial charge in [0.15, 0.2) is 0 Å². The minimum atomic E-state index is -0.392. The van der Waals surface area contributed by atoms with E-state index in [4.69, 9.17) is 5.73 Å². The second-order valence-electron chi connectivity index (χ2n) is 5.61. The smallest absolute Gasteiger partial charge is 1.00 e. The molecule has 140 valence electrons. The number of carbonyl (C=O) groups excluding carboxylic acids is 1. The molecule has 0 saturated carbocycles. The molecule has 0 aliphatic carbocycles. The van der Waals surface area contributed by atoms with Gasteiger partial charge in [0.25, 0.3) is 0 Å². The van der Waals surface area contributed by atoms with E-state index < -0.39 is 6.03 Å². The van der Waals surface area contributed by atoms with Gasteiger partial charge >= 0.3 is 35.6 Å². The van der Waals surface area contributed by atoms with E-state index in [1.807, 2.05) is 57.8 Å². The van der Waals surface area contributed by atoms with Crippen molar-refractivity contribution in [3.8, 4) is 0 Å². The second kappa shape index (κ2) is 17.8. The summed E-state index contributed by atoms with van der Waals surface area (Å²) in [6, 6.07) is 9.87. The van der Waals surface area contributed by atoms with Crippen LogP contribution in [0, 0.1) is 6.92 Å². The first-order valence-corrected chi connectivity index (χ1v) is 7.10. The van der Waals surface area contributed by atoms with E-state index in [1.165, 1.54) is 5.56 Å². The molecule has 8 heteroatoms. The molecular formula is C16H34Cl2N3NaO2. The molecule has 1 aromatic rings. The van der Waals surface area contributed by atoms with Gasteiger partial charge in [-0.3, -0.25) is 5.01 Å². The van der Waals surface area contributed by atoms with E-state index in [-0.39, 0.29) is 66.8 Å². The fourth-order valence-electron chi connectivity index (χ4n) is 1.94. The maximum atomic E-state index is 11.2. The Morgan fingerprint density at radius 3 is 1.58 bits per heavy atom. The molecule has 4 N–H and O–H groups in total. The zero-order valence-corrected chi connectivity index (χ0v) is 19.6. The zero-order valence-electron chi connectivity index (χ0n) is 17.0. The third kappa shape index (κ3) is 14.3. The quantitative estimate of drug-likeness (QED) is 0.600. The minimum absolute atomic E-state index is 0. The van der Waals surface area contributed by atoms with E-state index >= 15 is 0 Å². The summed E-state index contributed by atoms with van der Waals surface area (Å²) in [5.41, 5.74) is 6.39. The molecule has 1 rings (SSSR count). The standard InChI is InChI=1S/C9H21N3O.C7H8.2ClH.Na.H2O.H/c1-6-11(7-2)12(8(10)13)9(3,4)5;1-7-5-3-2-4-6-7;;;;;/h6-7H2,1-5H3,(H2,10,13);2-6H,1H3;2*1H;;1H2;/q;;;;+1;;-1. The van der Waals surface area contributed by atoms with E-state index in [2.05, 4.69) is 19.1 Å². The van der Waals surface area contributed by atoms with Crippen LogP contribution in [-0.2, 0) is 0 Å². The van der Waals surface area contributed by atoms with Crippen LogP contribution < -0.4 is 35.3 Å². The molecule has 1 aromatic carbocycles. The van der Waals surface area contributed by atoms with Crippen LogP contribution in [0.15, 0.2) is 30.3 Å². The summed E-state index contributed by atoms with van der Waals surface area (Å²) in [5, 5.41) is 3.54.